The van der Waals surface area contributed by atoms with Crippen molar-refractivity contribution in [3.63, 3.8) is 0 Å². The Balaban J connectivity index is 2.51. The third-order valence-corrected chi connectivity index (χ3v) is 3.92. The van der Waals surface area contributed by atoms with E-state index in [2.05, 4.69) is 20.8 Å². The van der Waals surface area contributed by atoms with Crippen LogP contribution in [0, 0.1) is 0 Å². The maximum atomic E-state index is 12.5. The highest BCUT2D eigenvalue weighted by molar-refractivity contribution is 7.12. The zero-order chi connectivity index (χ0) is 14.0. The Labute approximate surface area is 118 Å². The SMILES string of the molecule is COc1ccc(C(C)(C)C)cc1C(=O)c1cccs1. The first-order valence-corrected chi connectivity index (χ1v) is 7.08. The molecular weight excluding hydrogens is 256 g/mol. The van der Waals surface area contributed by atoms with Gasteiger partial charge in [-0.1, -0.05) is 32.9 Å². The maximum absolute atomic E-state index is 12.5. The highest BCUT2D eigenvalue weighted by atomic mass is 32.1. The molecule has 0 fully saturated rings. The number of thiophene rings is 1. The zero-order valence-electron chi connectivity index (χ0n) is 11.7. The largest absolute Gasteiger partial charge is 0.496 e. The molecule has 0 spiro atoms. The van der Waals surface area contributed by atoms with Gasteiger partial charge in [0.15, 0.2) is 0 Å². The van der Waals surface area contributed by atoms with Crippen molar-refractivity contribution in [1.82, 2.24) is 0 Å². The van der Waals surface area contributed by atoms with Crippen LogP contribution < -0.4 is 4.74 Å². The Morgan fingerprint density at radius 3 is 2.47 bits per heavy atom. The summed E-state index contributed by atoms with van der Waals surface area (Å²) in [7, 11) is 1.59. The van der Waals surface area contributed by atoms with Crippen LogP contribution in [0.3, 0.4) is 0 Å². The zero-order valence-corrected chi connectivity index (χ0v) is 12.5. The fourth-order valence-electron chi connectivity index (χ4n) is 1.89. The van der Waals surface area contributed by atoms with Crippen molar-refractivity contribution in [3.05, 3.63) is 51.7 Å². The van der Waals surface area contributed by atoms with E-state index in [0.717, 1.165) is 10.4 Å². The van der Waals surface area contributed by atoms with Gasteiger partial charge in [0.25, 0.3) is 0 Å². The Kier molecular flexibility index (Phi) is 3.76. The van der Waals surface area contributed by atoms with Gasteiger partial charge < -0.3 is 4.74 Å². The number of carbonyl (C=O) groups excluding carboxylic acids is 1. The Hall–Kier alpha value is -1.61. The van der Waals surface area contributed by atoms with Crippen LogP contribution >= 0.6 is 11.3 Å². The van der Waals surface area contributed by atoms with Crippen molar-refractivity contribution in [1.29, 1.82) is 0 Å². The van der Waals surface area contributed by atoms with Crippen LogP contribution in [0.4, 0.5) is 0 Å². The van der Waals surface area contributed by atoms with Crippen molar-refractivity contribution in [3.8, 4) is 5.75 Å². The van der Waals surface area contributed by atoms with Crippen LogP contribution in [-0.2, 0) is 5.41 Å². The molecule has 2 aromatic rings. The third kappa shape index (κ3) is 2.87. The summed E-state index contributed by atoms with van der Waals surface area (Å²) in [6.45, 7) is 6.40. The predicted octanol–water partition coefficient (Wildman–Crippen LogP) is 4.29. The summed E-state index contributed by atoms with van der Waals surface area (Å²) in [4.78, 5) is 13.2. The molecular formula is C16H18O2S. The number of carbonyl (C=O) groups is 1. The van der Waals surface area contributed by atoms with E-state index in [1.54, 1.807) is 7.11 Å². The molecule has 1 aromatic heterocycles. The first kappa shape index (κ1) is 13.8. The number of ketones is 1. The van der Waals surface area contributed by atoms with Gasteiger partial charge in [0.2, 0.25) is 5.78 Å². The lowest BCUT2D eigenvalue weighted by molar-refractivity contribution is 0.103. The smallest absolute Gasteiger partial charge is 0.206 e. The Morgan fingerprint density at radius 2 is 1.95 bits per heavy atom. The van der Waals surface area contributed by atoms with Crippen LogP contribution in [0.25, 0.3) is 0 Å². The topological polar surface area (TPSA) is 26.3 Å². The average molecular weight is 274 g/mol. The molecule has 2 nitrogen and oxygen atoms in total. The van der Waals surface area contributed by atoms with Crippen molar-refractivity contribution < 1.29 is 9.53 Å². The second-order valence-corrected chi connectivity index (χ2v) is 6.42. The number of benzene rings is 1. The molecule has 1 aromatic carbocycles. The highest BCUT2D eigenvalue weighted by Crippen LogP contribution is 2.30. The van der Waals surface area contributed by atoms with Crippen LogP contribution in [-0.4, -0.2) is 12.9 Å². The lowest BCUT2D eigenvalue weighted by Crippen LogP contribution is -2.13. The monoisotopic (exact) mass is 274 g/mol. The summed E-state index contributed by atoms with van der Waals surface area (Å²) in [5, 5.41) is 1.91. The van der Waals surface area contributed by atoms with E-state index in [-0.39, 0.29) is 11.2 Å². The quantitative estimate of drug-likeness (QED) is 0.781. The molecule has 0 aliphatic heterocycles. The summed E-state index contributed by atoms with van der Waals surface area (Å²) >= 11 is 1.45. The number of methoxy groups -OCH3 is 1. The van der Waals surface area contributed by atoms with E-state index >= 15 is 0 Å². The molecule has 0 unspecified atom stereocenters. The van der Waals surface area contributed by atoms with E-state index in [1.807, 2.05) is 35.7 Å². The minimum Gasteiger partial charge on any atom is -0.496 e. The molecule has 0 saturated heterocycles. The second kappa shape index (κ2) is 5.17. The van der Waals surface area contributed by atoms with Crippen molar-refractivity contribution in [2.24, 2.45) is 0 Å². The molecule has 2 rings (SSSR count). The molecule has 0 aliphatic rings. The van der Waals surface area contributed by atoms with Gasteiger partial charge in [-0.15, -0.1) is 11.3 Å². The minimum atomic E-state index is 0.0107. The molecule has 0 atom stereocenters. The first-order valence-electron chi connectivity index (χ1n) is 6.20. The number of hydrogen-bond acceptors (Lipinski definition) is 3. The molecule has 3 heteroatoms. The van der Waals surface area contributed by atoms with Gasteiger partial charge in [0.1, 0.15) is 5.75 Å². The van der Waals surface area contributed by atoms with Crippen molar-refractivity contribution >= 4 is 17.1 Å². The van der Waals surface area contributed by atoms with E-state index < -0.39 is 0 Å². The molecule has 0 saturated carbocycles. The van der Waals surface area contributed by atoms with Crippen molar-refractivity contribution in [2.75, 3.05) is 7.11 Å². The lowest BCUT2D eigenvalue weighted by Gasteiger charge is -2.20. The van der Waals surface area contributed by atoms with Gasteiger partial charge in [-0.3, -0.25) is 4.79 Å². The van der Waals surface area contributed by atoms with Gasteiger partial charge in [0, 0.05) is 0 Å². The molecule has 19 heavy (non-hydrogen) atoms. The van der Waals surface area contributed by atoms with Gasteiger partial charge in [-0.25, -0.2) is 0 Å². The normalized spacial score (nSPS) is 11.4. The molecule has 0 N–H and O–H groups in total. The van der Waals surface area contributed by atoms with E-state index in [9.17, 15) is 4.79 Å². The van der Waals surface area contributed by atoms with Crippen molar-refractivity contribution in [2.45, 2.75) is 26.2 Å². The minimum absolute atomic E-state index is 0.0107. The van der Waals surface area contributed by atoms with Crippen LogP contribution in [0.2, 0.25) is 0 Å². The molecule has 1 heterocycles. The lowest BCUT2D eigenvalue weighted by atomic mass is 9.85. The maximum Gasteiger partial charge on any atom is 0.206 e. The van der Waals surface area contributed by atoms with E-state index in [0.29, 0.717) is 11.3 Å². The molecule has 0 aliphatic carbocycles. The van der Waals surface area contributed by atoms with Crippen LogP contribution in [0.5, 0.6) is 5.75 Å². The summed E-state index contributed by atoms with van der Waals surface area (Å²) in [6, 6.07) is 9.57. The highest BCUT2D eigenvalue weighted by Gasteiger charge is 2.20. The predicted molar refractivity (Wildman–Crippen MR) is 79.4 cm³/mol. The molecule has 0 bridgehead atoms. The number of rotatable bonds is 3. The summed E-state index contributed by atoms with van der Waals surface area (Å²) in [5.74, 6) is 0.657. The van der Waals surface area contributed by atoms with E-state index in [4.69, 9.17) is 4.74 Å². The second-order valence-electron chi connectivity index (χ2n) is 5.47. The van der Waals surface area contributed by atoms with Gasteiger partial charge >= 0.3 is 0 Å². The Morgan fingerprint density at radius 1 is 1.21 bits per heavy atom. The fourth-order valence-corrected chi connectivity index (χ4v) is 2.57. The fraction of sp³-hybridized carbons (Fsp3) is 0.312. The average Bonchev–Trinajstić information content (AvgIpc) is 2.90. The third-order valence-electron chi connectivity index (χ3n) is 3.06. The van der Waals surface area contributed by atoms with E-state index in [1.165, 1.54) is 11.3 Å². The van der Waals surface area contributed by atoms with Crippen LogP contribution in [0.1, 0.15) is 41.6 Å². The van der Waals surface area contributed by atoms with Crippen LogP contribution in [0.15, 0.2) is 35.7 Å². The summed E-state index contributed by atoms with van der Waals surface area (Å²) in [6.07, 6.45) is 0. The van der Waals surface area contributed by atoms with Gasteiger partial charge in [-0.2, -0.15) is 0 Å². The summed E-state index contributed by atoms with van der Waals surface area (Å²) in [5.41, 5.74) is 1.78. The molecule has 0 radical (unpaired) electrons. The first-order chi connectivity index (χ1) is 8.93. The molecule has 0 amide bonds. The number of ether oxygens (including phenoxy) is 1. The molecule has 100 valence electrons. The standard InChI is InChI=1S/C16H18O2S/c1-16(2,3)11-7-8-13(18-4)12(10-11)15(17)14-6-5-9-19-14/h5-10H,1-4H3. The summed E-state index contributed by atoms with van der Waals surface area (Å²) < 4.78 is 5.32. The van der Waals surface area contributed by atoms with Gasteiger partial charge in [-0.05, 0) is 34.6 Å². The number of hydrogen-bond donors (Lipinski definition) is 0. The Bertz CT molecular complexity index is 577. The van der Waals surface area contributed by atoms with Gasteiger partial charge in [0.05, 0.1) is 17.6 Å².